The molecule has 0 aromatic carbocycles. The number of hydrogen-bond acceptors (Lipinski definition) is 5. The topological polar surface area (TPSA) is 64.4 Å². The molecule has 0 fully saturated rings. The minimum absolute atomic E-state index is 0.0173. The Bertz CT molecular complexity index is 799. The molecule has 0 saturated heterocycles. The summed E-state index contributed by atoms with van der Waals surface area (Å²) in [6.45, 7) is 4.14. The van der Waals surface area contributed by atoms with Gasteiger partial charge in [0.15, 0.2) is 0 Å². The SMILES string of the molecule is CCc1nc2c(c(=O)n1CCOC)CCN(C(=O)c1ccsc1)CC2. The van der Waals surface area contributed by atoms with Crippen LogP contribution in [0, 0.1) is 0 Å². The molecular weight excluding hydrogens is 338 g/mol. The number of hydrogen-bond donors (Lipinski definition) is 0. The van der Waals surface area contributed by atoms with E-state index in [2.05, 4.69) is 0 Å². The number of amides is 1. The van der Waals surface area contributed by atoms with Gasteiger partial charge in [-0.15, -0.1) is 0 Å². The Morgan fingerprint density at radius 3 is 2.84 bits per heavy atom. The molecule has 25 heavy (non-hydrogen) atoms. The highest BCUT2D eigenvalue weighted by molar-refractivity contribution is 7.08. The third kappa shape index (κ3) is 3.67. The highest BCUT2D eigenvalue weighted by atomic mass is 32.1. The van der Waals surface area contributed by atoms with Crippen molar-refractivity contribution in [2.45, 2.75) is 32.7 Å². The molecule has 0 atom stereocenters. The monoisotopic (exact) mass is 361 g/mol. The van der Waals surface area contributed by atoms with Crippen LogP contribution in [-0.2, 0) is 30.5 Å². The van der Waals surface area contributed by atoms with Gasteiger partial charge in [0.25, 0.3) is 11.5 Å². The molecule has 1 amide bonds. The minimum atomic E-state index is 0.0173. The van der Waals surface area contributed by atoms with Gasteiger partial charge in [0.2, 0.25) is 0 Å². The molecule has 2 aromatic heterocycles. The van der Waals surface area contributed by atoms with E-state index < -0.39 is 0 Å². The number of nitrogens with zero attached hydrogens (tertiary/aromatic N) is 3. The van der Waals surface area contributed by atoms with Crippen LogP contribution in [0.15, 0.2) is 21.6 Å². The van der Waals surface area contributed by atoms with E-state index in [9.17, 15) is 9.59 Å². The molecule has 1 aliphatic rings. The van der Waals surface area contributed by atoms with Gasteiger partial charge < -0.3 is 9.64 Å². The summed E-state index contributed by atoms with van der Waals surface area (Å²) in [7, 11) is 1.63. The van der Waals surface area contributed by atoms with Crippen LogP contribution in [-0.4, -0.2) is 47.2 Å². The number of thiophene rings is 1. The van der Waals surface area contributed by atoms with Gasteiger partial charge >= 0.3 is 0 Å². The van der Waals surface area contributed by atoms with E-state index in [1.165, 1.54) is 11.3 Å². The van der Waals surface area contributed by atoms with Crippen molar-refractivity contribution >= 4 is 17.2 Å². The number of fused-ring (bicyclic) bond motifs is 1. The van der Waals surface area contributed by atoms with Gasteiger partial charge in [-0.25, -0.2) is 4.98 Å². The zero-order valence-electron chi connectivity index (χ0n) is 14.7. The average Bonchev–Trinajstić information content (AvgIpc) is 3.07. The minimum Gasteiger partial charge on any atom is -0.383 e. The summed E-state index contributed by atoms with van der Waals surface area (Å²) in [4.78, 5) is 32.1. The maximum atomic E-state index is 12.9. The van der Waals surface area contributed by atoms with Crippen molar-refractivity contribution < 1.29 is 9.53 Å². The Kier molecular flexibility index (Phi) is 5.65. The summed E-state index contributed by atoms with van der Waals surface area (Å²) >= 11 is 1.52. The van der Waals surface area contributed by atoms with E-state index in [4.69, 9.17) is 9.72 Å². The Balaban J connectivity index is 1.87. The van der Waals surface area contributed by atoms with Crippen LogP contribution in [0.25, 0.3) is 0 Å². The molecule has 1 aliphatic heterocycles. The van der Waals surface area contributed by atoms with Crippen molar-refractivity contribution in [3.05, 3.63) is 49.8 Å². The molecule has 2 aromatic rings. The molecule has 6 nitrogen and oxygen atoms in total. The average molecular weight is 361 g/mol. The molecule has 3 heterocycles. The van der Waals surface area contributed by atoms with E-state index in [0.29, 0.717) is 45.5 Å². The number of carbonyl (C=O) groups excluding carboxylic acids is 1. The highest BCUT2D eigenvalue weighted by Gasteiger charge is 2.24. The summed E-state index contributed by atoms with van der Waals surface area (Å²) in [6, 6.07) is 1.84. The molecule has 0 spiro atoms. The number of aromatic nitrogens is 2. The first-order chi connectivity index (χ1) is 12.2. The molecule has 0 saturated carbocycles. The molecule has 7 heteroatoms. The smallest absolute Gasteiger partial charge is 0.257 e. The number of ether oxygens (including phenoxy) is 1. The first-order valence-electron chi connectivity index (χ1n) is 8.57. The Morgan fingerprint density at radius 1 is 1.36 bits per heavy atom. The van der Waals surface area contributed by atoms with Crippen LogP contribution in [0.3, 0.4) is 0 Å². The lowest BCUT2D eigenvalue weighted by Crippen LogP contribution is -2.33. The normalized spacial score (nSPS) is 14.2. The molecule has 134 valence electrons. The van der Waals surface area contributed by atoms with Crippen molar-refractivity contribution in [1.29, 1.82) is 0 Å². The lowest BCUT2D eigenvalue weighted by atomic mass is 10.1. The predicted octanol–water partition coefficient (Wildman–Crippen LogP) is 1.75. The van der Waals surface area contributed by atoms with Crippen LogP contribution in [0.1, 0.15) is 34.4 Å². The molecule has 0 radical (unpaired) electrons. The third-order valence-electron chi connectivity index (χ3n) is 4.57. The van der Waals surface area contributed by atoms with Crippen LogP contribution >= 0.6 is 11.3 Å². The van der Waals surface area contributed by atoms with E-state index in [0.717, 1.165) is 22.6 Å². The van der Waals surface area contributed by atoms with Crippen molar-refractivity contribution in [1.82, 2.24) is 14.5 Å². The first-order valence-corrected chi connectivity index (χ1v) is 9.51. The maximum Gasteiger partial charge on any atom is 0.257 e. The fraction of sp³-hybridized carbons (Fsp3) is 0.500. The second-order valence-electron chi connectivity index (χ2n) is 6.06. The zero-order valence-corrected chi connectivity index (χ0v) is 15.5. The summed E-state index contributed by atoms with van der Waals surface area (Å²) in [6.07, 6.45) is 1.87. The summed E-state index contributed by atoms with van der Waals surface area (Å²) in [5.41, 5.74) is 2.32. The molecular formula is C18H23N3O3S. The van der Waals surface area contributed by atoms with Gasteiger partial charge in [0.05, 0.1) is 24.4 Å². The van der Waals surface area contributed by atoms with E-state index >= 15 is 0 Å². The predicted molar refractivity (Wildman–Crippen MR) is 97.4 cm³/mol. The molecule has 0 bridgehead atoms. The van der Waals surface area contributed by atoms with Gasteiger partial charge in [-0.2, -0.15) is 11.3 Å². The Morgan fingerprint density at radius 2 is 2.16 bits per heavy atom. The van der Waals surface area contributed by atoms with Crippen molar-refractivity contribution in [2.24, 2.45) is 0 Å². The van der Waals surface area contributed by atoms with Crippen molar-refractivity contribution in [2.75, 3.05) is 26.8 Å². The van der Waals surface area contributed by atoms with Gasteiger partial charge in [0, 0.05) is 44.0 Å². The Hall–Kier alpha value is -1.99. The van der Waals surface area contributed by atoms with E-state index in [1.807, 2.05) is 28.7 Å². The maximum absolute atomic E-state index is 12.9. The molecule has 0 N–H and O–H groups in total. The summed E-state index contributed by atoms with van der Waals surface area (Å²) in [5.74, 6) is 0.822. The fourth-order valence-corrected chi connectivity index (χ4v) is 3.83. The van der Waals surface area contributed by atoms with Crippen molar-refractivity contribution in [3.63, 3.8) is 0 Å². The zero-order chi connectivity index (χ0) is 17.8. The standard InChI is InChI=1S/C18H23N3O3S/c1-3-16-19-15-5-8-20(17(22)13-6-11-25-12-13)7-4-14(15)18(23)21(16)9-10-24-2/h6,11-12H,3-5,7-10H2,1-2H3. The fourth-order valence-electron chi connectivity index (χ4n) is 3.20. The number of methoxy groups -OCH3 is 1. The van der Waals surface area contributed by atoms with Crippen LogP contribution < -0.4 is 5.56 Å². The number of carbonyl (C=O) groups is 1. The van der Waals surface area contributed by atoms with Gasteiger partial charge in [0.1, 0.15) is 5.82 Å². The summed E-state index contributed by atoms with van der Waals surface area (Å²) in [5, 5.41) is 3.77. The lowest BCUT2D eigenvalue weighted by molar-refractivity contribution is 0.0763. The van der Waals surface area contributed by atoms with Gasteiger partial charge in [-0.1, -0.05) is 6.92 Å². The number of aryl methyl sites for hydroxylation is 1. The van der Waals surface area contributed by atoms with Crippen LogP contribution in [0.4, 0.5) is 0 Å². The van der Waals surface area contributed by atoms with E-state index in [1.54, 1.807) is 11.7 Å². The Labute approximate surface area is 151 Å². The van der Waals surface area contributed by atoms with Crippen LogP contribution in [0.2, 0.25) is 0 Å². The third-order valence-corrected chi connectivity index (χ3v) is 5.25. The second-order valence-corrected chi connectivity index (χ2v) is 6.84. The van der Waals surface area contributed by atoms with Gasteiger partial charge in [-0.05, 0) is 17.9 Å². The molecule has 0 unspecified atom stereocenters. The van der Waals surface area contributed by atoms with Crippen molar-refractivity contribution in [3.8, 4) is 0 Å². The molecule has 0 aliphatic carbocycles. The largest absolute Gasteiger partial charge is 0.383 e. The lowest BCUT2D eigenvalue weighted by Gasteiger charge is -2.19. The first kappa shape index (κ1) is 17.8. The van der Waals surface area contributed by atoms with Gasteiger partial charge in [-0.3, -0.25) is 14.2 Å². The second kappa shape index (κ2) is 7.93. The number of rotatable bonds is 5. The molecule has 3 rings (SSSR count). The van der Waals surface area contributed by atoms with Crippen LogP contribution in [0.5, 0.6) is 0 Å². The quantitative estimate of drug-likeness (QED) is 0.814. The summed E-state index contributed by atoms with van der Waals surface area (Å²) < 4.78 is 6.84. The highest BCUT2D eigenvalue weighted by Crippen LogP contribution is 2.16. The van der Waals surface area contributed by atoms with E-state index in [-0.39, 0.29) is 11.5 Å².